The Kier molecular flexibility index (Phi) is 22.2. The average Bonchev–Trinajstić information content (AvgIpc) is 3.70. The van der Waals surface area contributed by atoms with Crippen molar-refractivity contribution in [1.82, 2.24) is 25.3 Å². The van der Waals surface area contributed by atoms with Crippen LogP contribution in [0.25, 0.3) is 0 Å². The summed E-state index contributed by atoms with van der Waals surface area (Å²) >= 11 is 0. The van der Waals surface area contributed by atoms with Crippen molar-refractivity contribution in [2.45, 2.75) is 143 Å². The third-order valence-electron chi connectivity index (χ3n) is 11.9. The van der Waals surface area contributed by atoms with Crippen molar-refractivity contribution in [1.29, 1.82) is 0 Å². The van der Waals surface area contributed by atoms with Crippen LogP contribution in [0.1, 0.15) is 99.5 Å². The quantitative estimate of drug-likeness (QED) is 0.115. The van der Waals surface area contributed by atoms with Crippen LogP contribution in [0.3, 0.4) is 0 Å². The van der Waals surface area contributed by atoms with Crippen LogP contribution >= 0.6 is 0 Å². The number of methoxy groups -OCH3 is 2. The minimum atomic E-state index is -1.15. The number of carboxylic acids is 1. The van der Waals surface area contributed by atoms with E-state index in [1.807, 2.05) is 66.7 Å². The minimum absolute atomic E-state index is 0.0577. The maximum absolute atomic E-state index is 14.5. The Morgan fingerprint density at radius 1 is 0.867 bits per heavy atom. The van der Waals surface area contributed by atoms with Crippen LogP contribution in [0.2, 0.25) is 0 Å². The maximum Gasteiger partial charge on any atom is 0.326 e. The molecule has 1 aliphatic heterocycles. The van der Waals surface area contributed by atoms with Gasteiger partial charge in [-0.05, 0) is 42.6 Å². The fourth-order valence-electron chi connectivity index (χ4n) is 8.29. The number of amides is 5. The lowest BCUT2D eigenvalue weighted by Crippen LogP contribution is -2.60. The van der Waals surface area contributed by atoms with Gasteiger partial charge in [0.15, 0.2) is 0 Å². The topological polar surface area (TPSA) is 184 Å². The van der Waals surface area contributed by atoms with Crippen molar-refractivity contribution in [2.75, 3.05) is 48.1 Å². The Morgan fingerprint density at radius 2 is 1.52 bits per heavy atom. The highest BCUT2D eigenvalue weighted by atomic mass is 16.5. The first-order valence-electron chi connectivity index (χ1n) is 21.7. The molecule has 2 rings (SSSR count). The van der Waals surface area contributed by atoms with Gasteiger partial charge in [-0.15, -0.1) is 0 Å². The van der Waals surface area contributed by atoms with E-state index in [0.717, 1.165) is 12.0 Å². The molecule has 15 nitrogen and oxygen atoms in total. The summed E-state index contributed by atoms with van der Waals surface area (Å²) in [5.74, 6) is -4.29. The number of benzene rings is 1. The summed E-state index contributed by atoms with van der Waals surface area (Å²) < 4.78 is 17.4. The summed E-state index contributed by atoms with van der Waals surface area (Å²) in [6.45, 7) is 16.3. The van der Waals surface area contributed by atoms with Gasteiger partial charge in [-0.1, -0.05) is 92.1 Å². The van der Waals surface area contributed by atoms with Crippen molar-refractivity contribution < 1.29 is 48.1 Å². The van der Waals surface area contributed by atoms with E-state index in [-0.39, 0.29) is 61.3 Å². The van der Waals surface area contributed by atoms with E-state index >= 15 is 0 Å². The first kappa shape index (κ1) is 52.1. The van der Waals surface area contributed by atoms with Gasteiger partial charge in [0.05, 0.1) is 49.7 Å². The molecule has 3 N–H and O–H groups in total. The molecule has 0 saturated carbocycles. The lowest BCUT2D eigenvalue weighted by atomic mass is 9.89. The molecule has 0 unspecified atom stereocenters. The SMILES string of the molecule is CCCOCCC(=O)N(C)[C@H](C(=O)N[C@H](C(=O)N(C)[C@@H]([C@@H](C)CC)[C@@H](CC(=O)N1CCC[C@H]1[C@H](OC)[C@@H](C)C(=O)N[C@@H](Cc1ccccc1)C(=O)O)OC)C(C)C)C(C)C. The third kappa shape index (κ3) is 14.5. The van der Waals surface area contributed by atoms with Crippen molar-refractivity contribution in [2.24, 2.45) is 23.7 Å². The number of likely N-dealkylation sites (tertiary alicyclic amines) is 1. The fourth-order valence-corrected chi connectivity index (χ4v) is 8.29. The third-order valence-corrected chi connectivity index (χ3v) is 11.9. The molecule has 0 spiro atoms. The van der Waals surface area contributed by atoms with Crippen molar-refractivity contribution in [3.8, 4) is 0 Å². The van der Waals surface area contributed by atoms with E-state index in [0.29, 0.717) is 32.4 Å². The number of nitrogens with one attached hydrogen (secondary N) is 2. The molecule has 0 aromatic heterocycles. The lowest BCUT2D eigenvalue weighted by Gasteiger charge is -2.41. The summed E-state index contributed by atoms with van der Waals surface area (Å²) in [7, 11) is 6.27. The molecular formula is C45H75N5O10. The first-order valence-corrected chi connectivity index (χ1v) is 21.7. The van der Waals surface area contributed by atoms with Gasteiger partial charge in [-0.3, -0.25) is 24.0 Å². The molecular weight excluding hydrogens is 771 g/mol. The molecule has 1 aliphatic rings. The predicted octanol–water partition coefficient (Wildman–Crippen LogP) is 4.16. The average molecular weight is 846 g/mol. The number of rotatable bonds is 26. The van der Waals surface area contributed by atoms with Gasteiger partial charge >= 0.3 is 5.97 Å². The maximum atomic E-state index is 14.5. The zero-order chi connectivity index (χ0) is 45.3. The van der Waals surface area contributed by atoms with Crippen molar-refractivity contribution in [3.63, 3.8) is 0 Å². The van der Waals surface area contributed by atoms with Gasteiger partial charge in [-0.2, -0.15) is 0 Å². The van der Waals surface area contributed by atoms with Crippen molar-refractivity contribution in [3.05, 3.63) is 35.9 Å². The van der Waals surface area contributed by atoms with E-state index in [1.165, 1.54) is 19.1 Å². The van der Waals surface area contributed by atoms with Gasteiger partial charge in [0.1, 0.15) is 18.1 Å². The van der Waals surface area contributed by atoms with Crippen LogP contribution in [0.5, 0.6) is 0 Å². The molecule has 0 bridgehead atoms. The monoisotopic (exact) mass is 846 g/mol. The van der Waals surface area contributed by atoms with Gasteiger partial charge in [-0.25, -0.2) is 4.79 Å². The summed E-state index contributed by atoms with van der Waals surface area (Å²) in [6.07, 6.45) is 1.53. The fraction of sp³-hybridized carbons (Fsp3) is 0.733. The zero-order valence-electron chi connectivity index (χ0n) is 38.3. The molecule has 15 heteroatoms. The normalized spacial score (nSPS) is 18.2. The first-order chi connectivity index (χ1) is 28.4. The van der Waals surface area contributed by atoms with Gasteiger partial charge in [0.25, 0.3) is 0 Å². The number of aliphatic carboxylic acids is 1. The molecule has 1 fully saturated rings. The summed E-state index contributed by atoms with van der Waals surface area (Å²) in [4.78, 5) is 86.1. The Balaban J connectivity index is 2.27. The number of likely N-dealkylation sites (N-methyl/N-ethyl adjacent to an activating group) is 2. The van der Waals surface area contributed by atoms with Crippen LogP contribution in [-0.2, 0) is 49.4 Å². The molecule has 340 valence electrons. The molecule has 60 heavy (non-hydrogen) atoms. The number of carbonyl (C=O) groups is 6. The Morgan fingerprint density at radius 3 is 2.05 bits per heavy atom. The van der Waals surface area contributed by atoms with Crippen LogP contribution in [0.15, 0.2) is 30.3 Å². The minimum Gasteiger partial charge on any atom is -0.480 e. The predicted molar refractivity (Wildman–Crippen MR) is 230 cm³/mol. The largest absolute Gasteiger partial charge is 0.480 e. The molecule has 5 amide bonds. The lowest BCUT2D eigenvalue weighted by molar-refractivity contribution is -0.149. The number of nitrogens with zero attached hydrogens (tertiary/aromatic N) is 3. The molecule has 0 radical (unpaired) electrons. The Labute approximate surface area is 358 Å². The van der Waals surface area contributed by atoms with Crippen LogP contribution in [0.4, 0.5) is 0 Å². The van der Waals surface area contributed by atoms with E-state index in [1.54, 1.807) is 43.0 Å². The number of carbonyl (C=O) groups excluding carboxylic acids is 5. The number of ether oxygens (including phenoxy) is 3. The van der Waals surface area contributed by atoms with Crippen LogP contribution in [0, 0.1) is 23.7 Å². The Bertz CT molecular complexity index is 1530. The van der Waals surface area contributed by atoms with Gasteiger partial charge in [0, 0.05) is 47.9 Å². The smallest absolute Gasteiger partial charge is 0.326 e. The summed E-state index contributed by atoms with van der Waals surface area (Å²) in [6, 6.07) is 5.17. The van der Waals surface area contributed by atoms with Crippen LogP contribution in [-0.4, -0.2) is 146 Å². The molecule has 1 heterocycles. The highest BCUT2D eigenvalue weighted by Gasteiger charge is 2.43. The zero-order valence-corrected chi connectivity index (χ0v) is 38.3. The summed E-state index contributed by atoms with van der Waals surface area (Å²) in [5.41, 5.74) is 0.772. The molecule has 1 aromatic carbocycles. The number of carboxylic acid groups (broad SMARTS) is 1. The standard InChI is InChI=1S/C45H75N5O10/c1-13-24-60-25-22-36(51)48(9)39(29(5)6)43(54)47-38(28(3)4)44(55)49(10)40(30(7)14-2)35(58-11)27-37(52)50-23-18-21-34(50)41(59-12)31(8)42(53)46-33(45(56)57)26-32-19-16-15-17-20-32/h15-17,19-20,28-31,33-35,38-41H,13-14,18,21-27H2,1-12H3,(H,46,53)(H,47,54)(H,56,57)/t30-,31+,33-,34-,35+,38-,39-,40-,41+/m0/s1. The molecule has 0 aliphatic carbocycles. The number of hydrogen-bond donors (Lipinski definition) is 3. The highest BCUT2D eigenvalue weighted by molar-refractivity contribution is 5.92. The van der Waals surface area contributed by atoms with Gasteiger partial charge in [0.2, 0.25) is 29.5 Å². The van der Waals surface area contributed by atoms with E-state index < -0.39 is 66.1 Å². The molecule has 9 atom stereocenters. The second-order valence-electron chi connectivity index (χ2n) is 17.0. The van der Waals surface area contributed by atoms with Crippen molar-refractivity contribution >= 4 is 35.5 Å². The Hall–Kier alpha value is -4.08. The molecule has 1 saturated heterocycles. The van der Waals surface area contributed by atoms with Crippen LogP contribution < -0.4 is 10.6 Å². The molecule has 1 aromatic rings. The number of hydrogen-bond acceptors (Lipinski definition) is 9. The second-order valence-corrected chi connectivity index (χ2v) is 17.0. The van der Waals surface area contributed by atoms with Gasteiger partial charge < -0.3 is 44.7 Å². The summed E-state index contributed by atoms with van der Waals surface area (Å²) in [5, 5.41) is 15.6. The van der Waals surface area contributed by atoms with E-state index in [2.05, 4.69) is 10.6 Å². The van der Waals surface area contributed by atoms with E-state index in [9.17, 15) is 33.9 Å². The highest BCUT2D eigenvalue weighted by Crippen LogP contribution is 2.30. The van der Waals surface area contributed by atoms with E-state index in [4.69, 9.17) is 14.2 Å². The second kappa shape index (κ2) is 25.6.